The number of ether oxygens (including phenoxy) is 1. The summed E-state index contributed by atoms with van der Waals surface area (Å²) < 4.78 is 8.49. The molecule has 5 rings (SSSR count). The van der Waals surface area contributed by atoms with Gasteiger partial charge in [-0.25, -0.2) is 0 Å². The smallest absolute Gasteiger partial charge is 0.115 e. The van der Waals surface area contributed by atoms with Gasteiger partial charge in [-0.3, -0.25) is 0 Å². The zero-order chi connectivity index (χ0) is 19.8. The van der Waals surface area contributed by atoms with E-state index in [2.05, 4.69) is 40.5 Å². The van der Waals surface area contributed by atoms with E-state index in [1.165, 1.54) is 59.2 Å². The number of hydrogen-bond donors (Lipinski definition) is 1. The first-order valence-corrected chi connectivity index (χ1v) is 10.7. The number of likely N-dealkylation sites (tertiary alicyclic amines) is 1. The van der Waals surface area contributed by atoms with Crippen LogP contribution in [0, 0.1) is 0 Å². The monoisotopic (exact) mass is 388 g/mol. The van der Waals surface area contributed by atoms with Gasteiger partial charge in [0.25, 0.3) is 0 Å². The van der Waals surface area contributed by atoms with Crippen LogP contribution in [0.25, 0.3) is 27.7 Å². The molecule has 1 aromatic carbocycles. The predicted octanol–water partition coefficient (Wildman–Crippen LogP) is 5.08. The minimum atomic E-state index is 0.301. The van der Waals surface area contributed by atoms with Gasteiger partial charge in [0.15, 0.2) is 0 Å². The summed E-state index contributed by atoms with van der Waals surface area (Å²) in [7, 11) is 0. The van der Waals surface area contributed by atoms with Gasteiger partial charge in [-0.05, 0) is 73.8 Å². The quantitative estimate of drug-likeness (QED) is 0.449. The fraction of sp³-hybridized carbons (Fsp3) is 0.360. The van der Waals surface area contributed by atoms with E-state index in [-0.39, 0.29) is 0 Å². The molecule has 4 heteroatoms. The Kier molecular flexibility index (Phi) is 4.90. The Morgan fingerprint density at radius 3 is 2.48 bits per heavy atom. The fourth-order valence-electron chi connectivity index (χ4n) is 4.83. The maximum Gasteiger partial charge on any atom is 0.115 e. The van der Waals surface area contributed by atoms with Gasteiger partial charge in [-0.2, -0.15) is 0 Å². The summed E-state index contributed by atoms with van der Waals surface area (Å²) in [6.45, 7) is 7.10. The van der Waals surface area contributed by atoms with Crippen LogP contribution in [0.3, 0.4) is 0 Å². The molecule has 29 heavy (non-hydrogen) atoms. The van der Waals surface area contributed by atoms with Gasteiger partial charge in [0.05, 0.1) is 24.2 Å². The molecular formula is C25H28N2O2. The van der Waals surface area contributed by atoms with Gasteiger partial charge in [-0.1, -0.05) is 25.1 Å². The van der Waals surface area contributed by atoms with Crippen LogP contribution in [0.1, 0.15) is 30.9 Å². The molecule has 150 valence electrons. The summed E-state index contributed by atoms with van der Waals surface area (Å²) in [5.74, 6) is 0.301. The summed E-state index contributed by atoms with van der Waals surface area (Å²) in [5, 5.41) is 9.71. The molecular weight excluding hydrogens is 360 g/mol. The van der Waals surface area contributed by atoms with Crippen molar-refractivity contribution in [3.63, 3.8) is 0 Å². The minimum Gasteiger partial charge on any atom is -0.508 e. The van der Waals surface area contributed by atoms with Crippen molar-refractivity contribution in [2.45, 2.75) is 32.8 Å². The molecule has 4 heterocycles. The molecule has 0 spiro atoms. The van der Waals surface area contributed by atoms with E-state index < -0.39 is 0 Å². The number of aromatic hydroxyl groups is 1. The first kappa shape index (κ1) is 18.5. The topological polar surface area (TPSA) is 37.1 Å². The molecule has 3 aromatic heterocycles. The van der Waals surface area contributed by atoms with Crippen molar-refractivity contribution in [2.75, 3.05) is 26.2 Å². The van der Waals surface area contributed by atoms with Crippen molar-refractivity contribution in [1.29, 1.82) is 0 Å². The Hall–Kier alpha value is -2.56. The third-order valence-electron chi connectivity index (χ3n) is 6.26. The minimum absolute atomic E-state index is 0.301. The molecule has 0 amide bonds. The summed E-state index contributed by atoms with van der Waals surface area (Å²) in [4.78, 5) is 2.49. The standard InChI is InChI=1S/C25H28N2O2/c1-2-22-24(18-6-10-21(28)11-7-18)23-12-9-20-8-5-19(25(22)27(20)23)17-29-16-15-26-13-3-4-14-26/h5-12,28H,2-4,13-17H2,1H3. The highest BCUT2D eigenvalue weighted by Crippen LogP contribution is 2.39. The second kappa shape index (κ2) is 7.69. The van der Waals surface area contributed by atoms with Crippen LogP contribution in [0.2, 0.25) is 0 Å². The van der Waals surface area contributed by atoms with Crippen LogP contribution in [0.4, 0.5) is 0 Å². The Labute approximate surface area is 171 Å². The maximum absolute atomic E-state index is 9.71. The van der Waals surface area contributed by atoms with Crippen LogP contribution >= 0.6 is 0 Å². The number of phenols is 1. The van der Waals surface area contributed by atoms with Crippen LogP contribution < -0.4 is 0 Å². The summed E-state index contributed by atoms with van der Waals surface area (Å²) >= 11 is 0. The van der Waals surface area contributed by atoms with E-state index in [1.54, 1.807) is 12.1 Å². The van der Waals surface area contributed by atoms with Crippen LogP contribution in [-0.2, 0) is 17.8 Å². The van der Waals surface area contributed by atoms with Gasteiger partial charge < -0.3 is 19.1 Å². The fourth-order valence-corrected chi connectivity index (χ4v) is 4.83. The summed E-state index contributed by atoms with van der Waals surface area (Å²) in [6, 6.07) is 16.4. The lowest BCUT2D eigenvalue weighted by Gasteiger charge is -2.15. The molecule has 1 N–H and O–H groups in total. The lowest BCUT2D eigenvalue weighted by atomic mass is 9.98. The molecule has 0 unspecified atom stereocenters. The van der Waals surface area contributed by atoms with Crippen LogP contribution in [-0.4, -0.2) is 40.6 Å². The number of pyridine rings is 1. The summed E-state index contributed by atoms with van der Waals surface area (Å²) in [6.07, 6.45) is 3.60. The van der Waals surface area contributed by atoms with E-state index >= 15 is 0 Å². The number of phenolic OH excluding ortho intramolecular Hbond substituents is 1. The van der Waals surface area contributed by atoms with Crippen LogP contribution in [0.5, 0.6) is 5.75 Å². The van der Waals surface area contributed by atoms with Crippen molar-refractivity contribution in [1.82, 2.24) is 9.30 Å². The van der Waals surface area contributed by atoms with E-state index in [0.717, 1.165) is 25.1 Å². The molecule has 4 nitrogen and oxygen atoms in total. The molecule has 0 atom stereocenters. The molecule has 1 aliphatic rings. The highest BCUT2D eigenvalue weighted by atomic mass is 16.5. The van der Waals surface area contributed by atoms with Crippen molar-refractivity contribution in [2.24, 2.45) is 0 Å². The number of nitrogens with zero attached hydrogens (tertiary/aromatic N) is 2. The number of hydrogen-bond acceptors (Lipinski definition) is 3. The largest absolute Gasteiger partial charge is 0.508 e. The summed E-state index contributed by atoms with van der Waals surface area (Å²) in [5.41, 5.74) is 8.77. The Morgan fingerprint density at radius 1 is 0.966 bits per heavy atom. The molecule has 0 bridgehead atoms. The third kappa shape index (κ3) is 3.26. The van der Waals surface area contributed by atoms with Crippen molar-refractivity contribution in [3.05, 3.63) is 59.7 Å². The molecule has 4 aromatic rings. The van der Waals surface area contributed by atoms with Gasteiger partial charge in [0, 0.05) is 23.2 Å². The maximum atomic E-state index is 9.71. The molecule has 1 fully saturated rings. The molecule has 0 saturated carbocycles. The van der Waals surface area contributed by atoms with Crippen molar-refractivity contribution < 1.29 is 9.84 Å². The lowest BCUT2D eigenvalue weighted by molar-refractivity contribution is 0.0998. The first-order valence-electron chi connectivity index (χ1n) is 10.7. The zero-order valence-electron chi connectivity index (χ0n) is 17.0. The molecule has 1 aliphatic heterocycles. The molecule has 0 aliphatic carbocycles. The Balaban J connectivity index is 1.50. The highest BCUT2D eigenvalue weighted by molar-refractivity contribution is 5.96. The molecule has 0 radical (unpaired) electrons. The van der Waals surface area contributed by atoms with E-state index in [1.807, 2.05) is 12.1 Å². The van der Waals surface area contributed by atoms with Crippen LogP contribution in [0.15, 0.2) is 48.5 Å². The highest BCUT2D eigenvalue weighted by Gasteiger charge is 2.20. The average Bonchev–Trinajstić information content (AvgIpc) is 3.46. The Morgan fingerprint density at radius 2 is 1.72 bits per heavy atom. The predicted molar refractivity (Wildman–Crippen MR) is 118 cm³/mol. The SMILES string of the molecule is CCc1c(-c2ccc(O)cc2)c2ccc3ccc(COCCN4CCCC4)c1n32. The van der Waals surface area contributed by atoms with Gasteiger partial charge in [-0.15, -0.1) is 0 Å². The van der Waals surface area contributed by atoms with Gasteiger partial charge >= 0.3 is 0 Å². The number of aryl methyl sites for hydroxylation is 1. The lowest BCUT2D eigenvalue weighted by Crippen LogP contribution is -2.23. The van der Waals surface area contributed by atoms with Crippen molar-refractivity contribution >= 4 is 16.6 Å². The van der Waals surface area contributed by atoms with E-state index in [0.29, 0.717) is 12.4 Å². The molecule has 1 saturated heterocycles. The normalized spacial score (nSPS) is 15.2. The van der Waals surface area contributed by atoms with E-state index in [4.69, 9.17) is 4.74 Å². The number of rotatable bonds is 7. The average molecular weight is 389 g/mol. The number of aromatic nitrogens is 1. The first-order chi connectivity index (χ1) is 14.3. The van der Waals surface area contributed by atoms with Gasteiger partial charge in [0.2, 0.25) is 0 Å². The second-order valence-corrected chi connectivity index (χ2v) is 8.04. The number of benzene rings is 1. The van der Waals surface area contributed by atoms with E-state index in [9.17, 15) is 5.11 Å². The third-order valence-corrected chi connectivity index (χ3v) is 6.26. The van der Waals surface area contributed by atoms with Crippen molar-refractivity contribution in [3.8, 4) is 16.9 Å². The zero-order valence-corrected chi connectivity index (χ0v) is 17.0. The van der Waals surface area contributed by atoms with Gasteiger partial charge in [0.1, 0.15) is 5.75 Å². The second-order valence-electron chi connectivity index (χ2n) is 8.04. The Bertz CT molecular complexity index is 1110.